The Kier molecular flexibility index (Phi) is 2.95. The Morgan fingerprint density at radius 3 is 2.73 bits per heavy atom. The van der Waals surface area contributed by atoms with Crippen molar-refractivity contribution in [3.05, 3.63) is 51.2 Å². The highest BCUT2D eigenvalue weighted by Gasteiger charge is 2.15. The second kappa shape index (κ2) is 4.23. The molecule has 0 bridgehead atoms. The SMILES string of the molecule is Nc1c(Cl)cccc1C(O)c1cccs1. The van der Waals surface area contributed by atoms with Crippen LogP contribution in [0, 0.1) is 0 Å². The molecule has 0 aliphatic carbocycles. The Morgan fingerprint density at radius 1 is 1.27 bits per heavy atom. The Balaban J connectivity index is 2.42. The van der Waals surface area contributed by atoms with Gasteiger partial charge in [0.15, 0.2) is 0 Å². The molecule has 0 spiro atoms. The van der Waals surface area contributed by atoms with Crippen LogP contribution in [0.2, 0.25) is 5.02 Å². The Morgan fingerprint density at radius 2 is 2.07 bits per heavy atom. The van der Waals surface area contributed by atoms with Gasteiger partial charge in [0.25, 0.3) is 0 Å². The minimum atomic E-state index is -0.691. The van der Waals surface area contributed by atoms with Gasteiger partial charge >= 0.3 is 0 Å². The predicted octanol–water partition coefficient (Wildman–Crippen LogP) is 3.07. The minimum Gasteiger partial charge on any atom is -0.397 e. The largest absolute Gasteiger partial charge is 0.397 e. The molecular weight excluding hydrogens is 230 g/mol. The highest BCUT2D eigenvalue weighted by molar-refractivity contribution is 7.10. The number of aliphatic hydroxyl groups is 1. The molecule has 78 valence electrons. The molecule has 1 atom stereocenters. The van der Waals surface area contributed by atoms with Gasteiger partial charge in [-0.3, -0.25) is 0 Å². The van der Waals surface area contributed by atoms with Crippen LogP contribution < -0.4 is 5.73 Å². The van der Waals surface area contributed by atoms with Gasteiger partial charge in [-0.1, -0.05) is 29.8 Å². The molecule has 2 nitrogen and oxygen atoms in total. The molecule has 15 heavy (non-hydrogen) atoms. The summed E-state index contributed by atoms with van der Waals surface area (Å²) in [6.45, 7) is 0. The van der Waals surface area contributed by atoms with E-state index < -0.39 is 6.10 Å². The third kappa shape index (κ3) is 2.00. The van der Waals surface area contributed by atoms with E-state index in [1.54, 1.807) is 18.2 Å². The molecule has 1 aromatic heterocycles. The van der Waals surface area contributed by atoms with E-state index in [0.29, 0.717) is 16.3 Å². The molecule has 1 aromatic carbocycles. The van der Waals surface area contributed by atoms with Gasteiger partial charge in [-0.15, -0.1) is 11.3 Å². The highest BCUT2D eigenvalue weighted by Crippen LogP contribution is 2.32. The fourth-order valence-electron chi connectivity index (χ4n) is 1.39. The van der Waals surface area contributed by atoms with E-state index in [-0.39, 0.29) is 0 Å². The van der Waals surface area contributed by atoms with Gasteiger partial charge in [-0.25, -0.2) is 0 Å². The van der Waals surface area contributed by atoms with Crippen molar-refractivity contribution in [3.8, 4) is 0 Å². The average Bonchev–Trinajstić information content (AvgIpc) is 2.74. The molecule has 1 unspecified atom stereocenters. The summed E-state index contributed by atoms with van der Waals surface area (Å²) in [5, 5.41) is 12.4. The second-order valence-corrected chi connectivity index (χ2v) is 4.55. The van der Waals surface area contributed by atoms with Crippen LogP contribution >= 0.6 is 22.9 Å². The van der Waals surface area contributed by atoms with Gasteiger partial charge in [0, 0.05) is 10.4 Å². The fraction of sp³-hybridized carbons (Fsp3) is 0.0909. The van der Waals surface area contributed by atoms with Crippen LogP contribution in [0.5, 0.6) is 0 Å². The van der Waals surface area contributed by atoms with Crippen molar-refractivity contribution >= 4 is 28.6 Å². The lowest BCUT2D eigenvalue weighted by Crippen LogP contribution is -2.02. The van der Waals surface area contributed by atoms with Crippen molar-refractivity contribution in [3.63, 3.8) is 0 Å². The van der Waals surface area contributed by atoms with E-state index >= 15 is 0 Å². The first-order valence-electron chi connectivity index (χ1n) is 4.45. The number of hydrogen-bond donors (Lipinski definition) is 2. The zero-order valence-electron chi connectivity index (χ0n) is 7.85. The quantitative estimate of drug-likeness (QED) is 0.792. The van der Waals surface area contributed by atoms with Crippen molar-refractivity contribution in [2.24, 2.45) is 0 Å². The van der Waals surface area contributed by atoms with E-state index in [2.05, 4.69) is 0 Å². The van der Waals surface area contributed by atoms with Crippen molar-refractivity contribution in [1.29, 1.82) is 0 Å². The number of halogens is 1. The Bertz CT molecular complexity index is 456. The summed E-state index contributed by atoms with van der Waals surface area (Å²) >= 11 is 7.38. The van der Waals surface area contributed by atoms with Crippen LogP contribution in [-0.4, -0.2) is 5.11 Å². The third-order valence-corrected chi connectivity index (χ3v) is 3.45. The van der Waals surface area contributed by atoms with E-state index in [1.165, 1.54) is 11.3 Å². The number of thiophene rings is 1. The number of nitrogens with two attached hydrogens (primary N) is 1. The molecule has 3 N–H and O–H groups in total. The van der Waals surface area contributed by atoms with Crippen molar-refractivity contribution in [2.75, 3.05) is 5.73 Å². The number of benzene rings is 1. The van der Waals surface area contributed by atoms with E-state index in [4.69, 9.17) is 17.3 Å². The van der Waals surface area contributed by atoms with Crippen LogP contribution in [0.15, 0.2) is 35.7 Å². The zero-order valence-corrected chi connectivity index (χ0v) is 9.42. The molecule has 0 radical (unpaired) electrons. The van der Waals surface area contributed by atoms with Crippen LogP contribution in [0.4, 0.5) is 5.69 Å². The molecular formula is C11H10ClNOS. The van der Waals surface area contributed by atoms with E-state index in [1.807, 2.05) is 17.5 Å². The molecule has 0 saturated carbocycles. The van der Waals surface area contributed by atoms with E-state index in [9.17, 15) is 5.11 Å². The average molecular weight is 240 g/mol. The van der Waals surface area contributed by atoms with Crippen LogP contribution in [0.25, 0.3) is 0 Å². The summed E-state index contributed by atoms with van der Waals surface area (Å²) in [5.74, 6) is 0. The first-order chi connectivity index (χ1) is 7.20. The maximum Gasteiger partial charge on any atom is 0.115 e. The normalized spacial score (nSPS) is 12.7. The molecule has 2 rings (SSSR count). The summed E-state index contributed by atoms with van der Waals surface area (Å²) < 4.78 is 0. The summed E-state index contributed by atoms with van der Waals surface area (Å²) in [4.78, 5) is 0.865. The first kappa shape index (κ1) is 10.5. The van der Waals surface area contributed by atoms with Crippen LogP contribution in [-0.2, 0) is 0 Å². The molecule has 4 heteroatoms. The van der Waals surface area contributed by atoms with Crippen molar-refractivity contribution in [2.45, 2.75) is 6.10 Å². The molecule has 0 saturated heterocycles. The molecule has 0 amide bonds. The van der Waals surface area contributed by atoms with Gasteiger partial charge in [0.1, 0.15) is 6.10 Å². The number of rotatable bonds is 2. The summed E-state index contributed by atoms with van der Waals surface area (Å²) in [6.07, 6.45) is -0.691. The summed E-state index contributed by atoms with van der Waals surface area (Å²) in [7, 11) is 0. The monoisotopic (exact) mass is 239 g/mol. The number of hydrogen-bond acceptors (Lipinski definition) is 3. The smallest absolute Gasteiger partial charge is 0.115 e. The van der Waals surface area contributed by atoms with Crippen LogP contribution in [0.3, 0.4) is 0 Å². The highest BCUT2D eigenvalue weighted by atomic mass is 35.5. The van der Waals surface area contributed by atoms with Gasteiger partial charge in [-0.05, 0) is 17.5 Å². The molecule has 0 aliphatic rings. The van der Waals surface area contributed by atoms with Gasteiger partial charge in [-0.2, -0.15) is 0 Å². The minimum absolute atomic E-state index is 0.445. The predicted molar refractivity (Wildman–Crippen MR) is 64.2 cm³/mol. The number of nitrogen functional groups attached to an aromatic ring is 1. The molecule has 0 aliphatic heterocycles. The lowest BCUT2D eigenvalue weighted by atomic mass is 10.1. The maximum atomic E-state index is 10.1. The standard InChI is InChI=1S/C11H10ClNOS/c12-8-4-1-3-7(10(8)13)11(14)9-5-2-6-15-9/h1-6,11,14H,13H2. The first-order valence-corrected chi connectivity index (χ1v) is 5.71. The maximum absolute atomic E-state index is 10.1. The third-order valence-electron chi connectivity index (χ3n) is 2.19. The van der Waals surface area contributed by atoms with Gasteiger partial charge in [0.05, 0.1) is 10.7 Å². The summed E-state index contributed by atoms with van der Waals surface area (Å²) in [6, 6.07) is 9.04. The van der Waals surface area contributed by atoms with Crippen LogP contribution in [0.1, 0.15) is 16.5 Å². The Hall–Kier alpha value is -1.03. The number of aliphatic hydroxyl groups excluding tert-OH is 1. The lowest BCUT2D eigenvalue weighted by Gasteiger charge is -2.12. The van der Waals surface area contributed by atoms with Gasteiger partial charge < -0.3 is 10.8 Å². The molecule has 2 aromatic rings. The number of anilines is 1. The molecule has 0 fully saturated rings. The Labute approximate surface area is 96.9 Å². The zero-order chi connectivity index (χ0) is 10.8. The molecule has 1 heterocycles. The summed E-state index contributed by atoms with van der Waals surface area (Å²) in [5.41, 5.74) is 6.90. The van der Waals surface area contributed by atoms with Crippen molar-refractivity contribution < 1.29 is 5.11 Å². The second-order valence-electron chi connectivity index (χ2n) is 3.16. The lowest BCUT2D eigenvalue weighted by molar-refractivity contribution is 0.225. The van der Waals surface area contributed by atoms with Crippen molar-refractivity contribution in [1.82, 2.24) is 0 Å². The number of para-hydroxylation sites is 1. The van der Waals surface area contributed by atoms with E-state index in [0.717, 1.165) is 4.88 Å². The fourth-order valence-corrected chi connectivity index (χ4v) is 2.30. The topological polar surface area (TPSA) is 46.2 Å². The van der Waals surface area contributed by atoms with Gasteiger partial charge in [0.2, 0.25) is 0 Å².